The molecule has 144 valence electrons. The van der Waals surface area contributed by atoms with Gasteiger partial charge in [0.1, 0.15) is 5.82 Å². The van der Waals surface area contributed by atoms with Crippen molar-refractivity contribution in [3.05, 3.63) is 86.5 Å². The van der Waals surface area contributed by atoms with E-state index in [9.17, 15) is 19.3 Å². The maximum Gasteiger partial charge on any atom is 0.272 e. The van der Waals surface area contributed by atoms with Crippen molar-refractivity contribution in [1.82, 2.24) is 9.78 Å². The molecule has 1 aromatic heterocycles. The highest BCUT2D eigenvalue weighted by molar-refractivity contribution is 6.05. The molecule has 2 aromatic carbocycles. The molecule has 0 bridgehead atoms. The number of carbonyl (C=O) groups excluding carboxylic acids is 1. The Hall–Kier alpha value is -3.55. The molecule has 0 radical (unpaired) electrons. The summed E-state index contributed by atoms with van der Waals surface area (Å²) in [4.78, 5) is 23.0. The fraction of sp³-hybridized carbons (Fsp3) is 0.200. The van der Waals surface area contributed by atoms with Crippen LogP contribution < -0.4 is 5.32 Å². The van der Waals surface area contributed by atoms with Crippen molar-refractivity contribution in [3.63, 3.8) is 0 Å². The van der Waals surface area contributed by atoms with E-state index in [1.807, 2.05) is 6.92 Å². The smallest absolute Gasteiger partial charge is 0.272 e. The molecule has 0 fully saturated rings. The number of nitro groups is 1. The van der Waals surface area contributed by atoms with Gasteiger partial charge in [0, 0.05) is 17.2 Å². The average Bonchev–Trinajstić information content (AvgIpc) is 2.88. The number of carbonyl (C=O) groups is 1. The maximum atomic E-state index is 13.4. The Morgan fingerprint density at radius 3 is 2.61 bits per heavy atom. The maximum absolute atomic E-state index is 13.4. The van der Waals surface area contributed by atoms with E-state index in [1.165, 1.54) is 30.3 Å². The third-order valence-corrected chi connectivity index (χ3v) is 4.50. The number of hydrogen-bond donors (Lipinski definition) is 1. The third kappa shape index (κ3) is 3.90. The van der Waals surface area contributed by atoms with Crippen LogP contribution in [0.25, 0.3) is 0 Å². The number of hydrogen-bond acceptors (Lipinski definition) is 4. The average molecular weight is 382 g/mol. The van der Waals surface area contributed by atoms with Crippen LogP contribution in [-0.2, 0) is 6.54 Å². The van der Waals surface area contributed by atoms with Crippen molar-refractivity contribution in [2.24, 2.45) is 0 Å². The summed E-state index contributed by atoms with van der Waals surface area (Å²) in [6.07, 6.45) is 0. The molecular formula is C20H19FN4O3. The lowest BCUT2D eigenvalue weighted by molar-refractivity contribution is -0.385. The van der Waals surface area contributed by atoms with Gasteiger partial charge in [-0.05, 0) is 50.6 Å². The number of nitrogens with zero attached hydrogens (tertiary/aromatic N) is 3. The highest BCUT2D eigenvalue weighted by Gasteiger charge is 2.18. The Kier molecular flexibility index (Phi) is 5.21. The first kappa shape index (κ1) is 19.2. The van der Waals surface area contributed by atoms with E-state index in [0.29, 0.717) is 29.1 Å². The van der Waals surface area contributed by atoms with Crippen molar-refractivity contribution >= 4 is 17.3 Å². The number of nitrogens with one attached hydrogen (secondary N) is 1. The standard InChI is InChI=1S/C20H19FN4O3/c1-12-9-16(7-8-18(12)25(27)28)20(26)22-19-13(2)23-24(14(19)3)11-15-5-4-6-17(21)10-15/h4-10H,11H2,1-3H3,(H,22,26). The molecule has 0 aliphatic carbocycles. The molecule has 0 aliphatic rings. The highest BCUT2D eigenvalue weighted by atomic mass is 19.1. The second kappa shape index (κ2) is 7.59. The quantitative estimate of drug-likeness (QED) is 0.530. The number of amides is 1. The van der Waals surface area contributed by atoms with Gasteiger partial charge in [0.25, 0.3) is 11.6 Å². The van der Waals surface area contributed by atoms with Gasteiger partial charge in [0.15, 0.2) is 0 Å². The van der Waals surface area contributed by atoms with Gasteiger partial charge >= 0.3 is 0 Å². The number of nitro benzene ring substituents is 1. The van der Waals surface area contributed by atoms with Gasteiger partial charge in [0.05, 0.1) is 28.5 Å². The van der Waals surface area contributed by atoms with Crippen LogP contribution in [0.2, 0.25) is 0 Å². The Morgan fingerprint density at radius 2 is 1.96 bits per heavy atom. The number of aromatic nitrogens is 2. The Labute approximate surface area is 161 Å². The molecule has 0 unspecified atom stereocenters. The van der Waals surface area contributed by atoms with Crippen molar-refractivity contribution in [3.8, 4) is 0 Å². The van der Waals surface area contributed by atoms with Gasteiger partial charge in [-0.15, -0.1) is 0 Å². The van der Waals surface area contributed by atoms with E-state index in [0.717, 1.165) is 11.3 Å². The van der Waals surface area contributed by atoms with E-state index in [2.05, 4.69) is 10.4 Å². The summed E-state index contributed by atoms with van der Waals surface area (Å²) < 4.78 is 15.1. The first-order chi connectivity index (χ1) is 13.3. The summed E-state index contributed by atoms with van der Waals surface area (Å²) in [5.74, 6) is -0.699. The van der Waals surface area contributed by atoms with Crippen LogP contribution in [0.1, 0.15) is 32.9 Å². The topological polar surface area (TPSA) is 90.1 Å². The minimum Gasteiger partial charge on any atom is -0.319 e. The van der Waals surface area contributed by atoms with Crippen molar-refractivity contribution in [2.75, 3.05) is 5.32 Å². The summed E-state index contributed by atoms with van der Waals surface area (Å²) in [6, 6.07) is 10.5. The Bertz CT molecular complexity index is 1080. The fourth-order valence-electron chi connectivity index (χ4n) is 3.03. The molecule has 0 saturated carbocycles. The van der Waals surface area contributed by atoms with Gasteiger partial charge in [-0.25, -0.2) is 4.39 Å². The third-order valence-electron chi connectivity index (χ3n) is 4.50. The minimum absolute atomic E-state index is 0.0353. The largest absolute Gasteiger partial charge is 0.319 e. The monoisotopic (exact) mass is 382 g/mol. The van der Waals surface area contributed by atoms with Crippen LogP contribution in [0.5, 0.6) is 0 Å². The molecule has 0 saturated heterocycles. The number of benzene rings is 2. The second-order valence-corrected chi connectivity index (χ2v) is 6.55. The molecule has 0 atom stereocenters. The van der Waals surface area contributed by atoms with Gasteiger partial charge in [-0.1, -0.05) is 12.1 Å². The van der Waals surface area contributed by atoms with Crippen molar-refractivity contribution in [2.45, 2.75) is 27.3 Å². The molecular weight excluding hydrogens is 363 g/mol. The molecule has 3 aromatic rings. The zero-order valence-electron chi connectivity index (χ0n) is 15.7. The molecule has 28 heavy (non-hydrogen) atoms. The summed E-state index contributed by atoms with van der Waals surface area (Å²) in [7, 11) is 0. The molecule has 3 rings (SSSR count). The number of anilines is 1. The molecule has 0 aliphatic heterocycles. The van der Waals surface area contributed by atoms with E-state index >= 15 is 0 Å². The zero-order valence-corrected chi connectivity index (χ0v) is 15.7. The second-order valence-electron chi connectivity index (χ2n) is 6.55. The van der Waals surface area contributed by atoms with Crippen LogP contribution in [0, 0.1) is 36.7 Å². The molecule has 1 N–H and O–H groups in total. The molecule has 8 heteroatoms. The summed E-state index contributed by atoms with van der Waals surface area (Å²) in [5, 5.41) is 18.2. The Balaban J connectivity index is 1.83. The van der Waals surface area contributed by atoms with E-state index in [4.69, 9.17) is 0 Å². The van der Waals surface area contributed by atoms with Crippen molar-refractivity contribution in [1.29, 1.82) is 0 Å². The molecule has 0 spiro atoms. The Morgan fingerprint density at radius 1 is 1.21 bits per heavy atom. The lowest BCUT2D eigenvalue weighted by Crippen LogP contribution is -2.14. The van der Waals surface area contributed by atoms with E-state index in [1.54, 1.807) is 30.7 Å². The number of rotatable bonds is 5. The lowest BCUT2D eigenvalue weighted by Gasteiger charge is -2.08. The highest BCUT2D eigenvalue weighted by Crippen LogP contribution is 2.23. The van der Waals surface area contributed by atoms with Gasteiger partial charge in [-0.2, -0.15) is 5.10 Å². The van der Waals surface area contributed by atoms with Crippen LogP contribution in [0.15, 0.2) is 42.5 Å². The molecule has 1 heterocycles. The summed E-state index contributed by atoms with van der Waals surface area (Å²) >= 11 is 0. The zero-order chi connectivity index (χ0) is 20.4. The van der Waals surface area contributed by atoms with Crippen molar-refractivity contribution < 1.29 is 14.1 Å². The number of aryl methyl sites for hydroxylation is 2. The SMILES string of the molecule is Cc1cc(C(=O)Nc2c(C)nn(Cc3cccc(F)c3)c2C)ccc1[N+](=O)[O-]. The van der Waals surface area contributed by atoms with Gasteiger partial charge in [-0.3, -0.25) is 19.6 Å². The summed E-state index contributed by atoms with van der Waals surface area (Å²) in [5.41, 5.74) is 3.38. The lowest BCUT2D eigenvalue weighted by atomic mass is 10.1. The fourth-order valence-corrected chi connectivity index (χ4v) is 3.03. The first-order valence-corrected chi connectivity index (χ1v) is 8.61. The van der Waals surface area contributed by atoms with E-state index in [-0.39, 0.29) is 17.4 Å². The van der Waals surface area contributed by atoms with Gasteiger partial charge < -0.3 is 5.32 Å². The number of halogens is 1. The molecule has 7 nitrogen and oxygen atoms in total. The van der Waals surface area contributed by atoms with Crippen LogP contribution in [0.3, 0.4) is 0 Å². The first-order valence-electron chi connectivity index (χ1n) is 8.61. The van der Waals surface area contributed by atoms with E-state index < -0.39 is 4.92 Å². The minimum atomic E-state index is -0.484. The van der Waals surface area contributed by atoms with Crippen LogP contribution in [-0.4, -0.2) is 20.6 Å². The van der Waals surface area contributed by atoms with Gasteiger partial charge in [0.2, 0.25) is 0 Å². The molecule has 1 amide bonds. The summed E-state index contributed by atoms with van der Waals surface area (Å²) in [6.45, 7) is 5.54. The normalized spacial score (nSPS) is 10.7. The predicted octanol–water partition coefficient (Wildman–Crippen LogP) is 4.16. The van der Waals surface area contributed by atoms with Crippen LogP contribution >= 0.6 is 0 Å². The van der Waals surface area contributed by atoms with Crippen LogP contribution in [0.4, 0.5) is 15.8 Å². The predicted molar refractivity (Wildman–Crippen MR) is 103 cm³/mol.